The van der Waals surface area contributed by atoms with E-state index in [0.717, 1.165) is 37.1 Å². The molecule has 0 aliphatic rings. The Hall–Kier alpha value is -5.19. The van der Waals surface area contributed by atoms with Crippen LogP contribution in [0.15, 0.2) is 114 Å². The number of thiazole rings is 1. The van der Waals surface area contributed by atoms with Crippen molar-refractivity contribution in [3.05, 3.63) is 126 Å². The van der Waals surface area contributed by atoms with Gasteiger partial charge in [-0.3, -0.25) is 14.4 Å². The molecule has 46 heavy (non-hydrogen) atoms. The lowest BCUT2D eigenvalue weighted by molar-refractivity contribution is -0.116. The number of H-pyrrole nitrogens is 1. The van der Waals surface area contributed by atoms with Crippen molar-refractivity contribution in [1.82, 2.24) is 15.3 Å². The van der Waals surface area contributed by atoms with Gasteiger partial charge in [0.25, 0.3) is 11.8 Å². The van der Waals surface area contributed by atoms with Gasteiger partial charge in [0, 0.05) is 38.8 Å². The summed E-state index contributed by atoms with van der Waals surface area (Å²) in [5, 5.41) is 9.81. The van der Waals surface area contributed by atoms with Crippen LogP contribution in [0.4, 0.5) is 10.8 Å². The summed E-state index contributed by atoms with van der Waals surface area (Å²) in [5.41, 5.74) is 4.73. The fourth-order valence-electron chi connectivity index (χ4n) is 4.91. The molecule has 0 saturated heterocycles. The van der Waals surface area contributed by atoms with E-state index in [1.807, 2.05) is 74.5 Å². The molecular formula is C36H31N5O3S2. The number of amides is 3. The maximum absolute atomic E-state index is 13.7. The molecule has 0 fully saturated rings. The van der Waals surface area contributed by atoms with Crippen molar-refractivity contribution in [1.29, 1.82) is 0 Å². The van der Waals surface area contributed by atoms with Crippen LogP contribution in [0, 0.1) is 6.92 Å². The fraction of sp³-hybridized carbons (Fsp3) is 0.111. The maximum Gasteiger partial charge on any atom is 0.272 e. The molecule has 4 N–H and O–H groups in total. The number of nitrogens with zero attached hydrogens (tertiary/aromatic N) is 1. The number of carbonyl (C=O) groups excluding carboxylic acids is 3. The number of rotatable bonds is 10. The molecule has 6 aromatic rings. The van der Waals surface area contributed by atoms with Gasteiger partial charge in [0.15, 0.2) is 5.13 Å². The average Bonchev–Trinajstić information content (AvgIpc) is 3.66. The highest BCUT2D eigenvalue weighted by molar-refractivity contribution is 8.00. The second-order valence-electron chi connectivity index (χ2n) is 10.6. The Kier molecular flexibility index (Phi) is 9.28. The highest BCUT2D eigenvalue weighted by atomic mass is 32.2. The van der Waals surface area contributed by atoms with E-state index >= 15 is 0 Å². The van der Waals surface area contributed by atoms with Crippen LogP contribution in [0.25, 0.3) is 27.2 Å². The molecule has 4 aromatic carbocycles. The van der Waals surface area contributed by atoms with E-state index in [-0.39, 0.29) is 16.9 Å². The first kappa shape index (κ1) is 30.8. The molecule has 1 atom stereocenters. The van der Waals surface area contributed by atoms with E-state index in [9.17, 15) is 14.4 Å². The number of aromatic nitrogens is 2. The minimum absolute atomic E-state index is 0.0912. The standard InChI is InChI=1S/C36H31N5O3S2/c1-3-31(35(44)41-36-40-29-17-16-22(2)18-32(29)46-36)45-26-13-9-12-25(20-26)38-34(43)30(39-33(42)23-10-5-4-6-11-23)19-24-21-37-28-15-8-7-14-27(24)28/h4-21,31,37H,3H2,1-2H3,(H,38,43)(H,39,42)(H,40,41,44)/b30-19-. The lowest BCUT2D eigenvalue weighted by atomic mass is 10.1. The predicted molar refractivity (Wildman–Crippen MR) is 188 cm³/mol. The number of aryl methyl sites for hydroxylation is 1. The highest BCUT2D eigenvalue weighted by Crippen LogP contribution is 2.31. The molecule has 8 nitrogen and oxygen atoms in total. The molecule has 10 heteroatoms. The smallest absolute Gasteiger partial charge is 0.272 e. The van der Waals surface area contributed by atoms with E-state index < -0.39 is 11.8 Å². The van der Waals surface area contributed by atoms with Gasteiger partial charge in [-0.25, -0.2) is 4.98 Å². The van der Waals surface area contributed by atoms with Crippen molar-refractivity contribution in [2.75, 3.05) is 10.6 Å². The molecule has 1 unspecified atom stereocenters. The molecule has 6 rings (SSSR count). The minimum Gasteiger partial charge on any atom is -0.361 e. The molecule has 0 radical (unpaired) electrons. The Labute approximate surface area is 274 Å². The van der Waals surface area contributed by atoms with Crippen molar-refractivity contribution in [2.45, 2.75) is 30.4 Å². The van der Waals surface area contributed by atoms with Crippen LogP contribution in [0.2, 0.25) is 0 Å². The first-order valence-electron chi connectivity index (χ1n) is 14.8. The third-order valence-corrected chi connectivity index (χ3v) is 9.55. The Morgan fingerprint density at radius 2 is 1.74 bits per heavy atom. The SMILES string of the molecule is CCC(Sc1cccc(NC(=O)/C(=C/c2c[nH]c3ccccc23)NC(=O)c2ccccc2)c1)C(=O)Nc1nc2ccc(C)cc2s1. The van der Waals surface area contributed by atoms with Gasteiger partial charge in [-0.15, -0.1) is 11.8 Å². The zero-order valence-corrected chi connectivity index (χ0v) is 26.8. The van der Waals surface area contributed by atoms with Gasteiger partial charge >= 0.3 is 0 Å². The van der Waals surface area contributed by atoms with E-state index in [2.05, 4.69) is 32.0 Å². The van der Waals surface area contributed by atoms with E-state index in [1.165, 1.54) is 23.1 Å². The zero-order valence-electron chi connectivity index (χ0n) is 25.2. The summed E-state index contributed by atoms with van der Waals surface area (Å²) in [6.07, 6.45) is 4.06. The highest BCUT2D eigenvalue weighted by Gasteiger charge is 2.21. The van der Waals surface area contributed by atoms with Crippen LogP contribution in [0.5, 0.6) is 0 Å². The van der Waals surface area contributed by atoms with Crippen molar-refractivity contribution < 1.29 is 14.4 Å². The maximum atomic E-state index is 13.7. The van der Waals surface area contributed by atoms with Gasteiger partial charge in [0.2, 0.25) is 5.91 Å². The van der Waals surface area contributed by atoms with Crippen LogP contribution in [0.1, 0.15) is 34.8 Å². The molecule has 0 spiro atoms. The molecule has 230 valence electrons. The van der Waals surface area contributed by atoms with E-state index in [1.54, 1.807) is 42.6 Å². The summed E-state index contributed by atoms with van der Waals surface area (Å²) in [6.45, 7) is 3.99. The Morgan fingerprint density at radius 1 is 0.935 bits per heavy atom. The van der Waals surface area contributed by atoms with Gasteiger partial charge in [0.05, 0.1) is 15.5 Å². The zero-order chi connectivity index (χ0) is 32.0. The Morgan fingerprint density at radius 3 is 2.57 bits per heavy atom. The largest absolute Gasteiger partial charge is 0.361 e. The monoisotopic (exact) mass is 645 g/mol. The molecule has 0 bridgehead atoms. The van der Waals surface area contributed by atoms with Crippen LogP contribution < -0.4 is 16.0 Å². The number of hydrogen-bond donors (Lipinski definition) is 4. The topological polar surface area (TPSA) is 116 Å². The predicted octanol–water partition coefficient (Wildman–Crippen LogP) is 8.01. The third kappa shape index (κ3) is 7.20. The molecule has 2 heterocycles. The number of hydrogen-bond acceptors (Lipinski definition) is 6. The van der Waals surface area contributed by atoms with Gasteiger partial charge in [-0.1, -0.05) is 66.8 Å². The molecular weight excluding hydrogens is 615 g/mol. The van der Waals surface area contributed by atoms with E-state index in [4.69, 9.17) is 0 Å². The first-order valence-corrected chi connectivity index (χ1v) is 16.5. The summed E-state index contributed by atoms with van der Waals surface area (Å²) < 4.78 is 1.03. The number of nitrogens with one attached hydrogen (secondary N) is 4. The van der Waals surface area contributed by atoms with Crippen LogP contribution in [-0.2, 0) is 9.59 Å². The van der Waals surface area contributed by atoms with Gasteiger partial charge in [0.1, 0.15) is 5.70 Å². The molecule has 3 amide bonds. The molecule has 0 saturated carbocycles. The Bertz CT molecular complexity index is 2080. The fourth-order valence-corrected chi connectivity index (χ4v) is 6.89. The summed E-state index contributed by atoms with van der Waals surface area (Å²) >= 11 is 2.87. The van der Waals surface area contributed by atoms with Crippen molar-refractivity contribution in [2.24, 2.45) is 0 Å². The number of benzene rings is 4. The number of anilines is 2. The third-order valence-electron chi connectivity index (χ3n) is 7.26. The second-order valence-corrected chi connectivity index (χ2v) is 13.0. The minimum atomic E-state index is -0.479. The second kappa shape index (κ2) is 13.8. The van der Waals surface area contributed by atoms with Crippen LogP contribution in [0.3, 0.4) is 0 Å². The summed E-state index contributed by atoms with van der Waals surface area (Å²) in [6, 6.07) is 29.8. The molecule has 0 aliphatic heterocycles. The number of aromatic amines is 1. The summed E-state index contributed by atoms with van der Waals surface area (Å²) in [5.74, 6) is -1.01. The molecule has 2 aromatic heterocycles. The van der Waals surface area contributed by atoms with Crippen molar-refractivity contribution in [3.63, 3.8) is 0 Å². The number of thioether (sulfide) groups is 1. The van der Waals surface area contributed by atoms with Gasteiger partial charge in [-0.2, -0.15) is 0 Å². The Balaban J connectivity index is 1.19. The van der Waals surface area contributed by atoms with Crippen molar-refractivity contribution in [3.8, 4) is 0 Å². The number of carbonyl (C=O) groups is 3. The summed E-state index contributed by atoms with van der Waals surface area (Å²) in [7, 11) is 0. The average molecular weight is 646 g/mol. The number of para-hydroxylation sites is 1. The molecule has 0 aliphatic carbocycles. The number of fused-ring (bicyclic) bond motifs is 2. The quantitative estimate of drug-likeness (QED) is 0.0890. The normalized spacial score (nSPS) is 12.2. The van der Waals surface area contributed by atoms with Crippen molar-refractivity contribution >= 4 is 78.8 Å². The summed E-state index contributed by atoms with van der Waals surface area (Å²) in [4.78, 5) is 48.5. The van der Waals surface area contributed by atoms with Gasteiger partial charge in [-0.05, 0) is 73.5 Å². The lowest BCUT2D eigenvalue weighted by Crippen LogP contribution is -2.30. The van der Waals surface area contributed by atoms with Crippen LogP contribution in [-0.4, -0.2) is 32.9 Å². The van der Waals surface area contributed by atoms with E-state index in [0.29, 0.717) is 22.8 Å². The first-order chi connectivity index (χ1) is 22.4. The van der Waals surface area contributed by atoms with Gasteiger partial charge < -0.3 is 20.9 Å². The lowest BCUT2D eigenvalue weighted by Gasteiger charge is -2.15. The van der Waals surface area contributed by atoms with Crippen LogP contribution >= 0.6 is 23.1 Å².